The van der Waals surface area contributed by atoms with Crippen LogP contribution in [0.4, 0.5) is 0 Å². The van der Waals surface area contributed by atoms with Gasteiger partial charge in [0.25, 0.3) is 0 Å². The van der Waals surface area contributed by atoms with Gasteiger partial charge in [-0.15, -0.1) is 0 Å². The molecule has 4 aliphatic rings. The molecule has 98 heavy (non-hydrogen) atoms. The Kier molecular flexibility index (Phi) is 23.1. The molecule has 0 aliphatic heterocycles. The van der Waals surface area contributed by atoms with E-state index in [0.717, 1.165) is 25.7 Å². The first-order valence-electron chi connectivity index (χ1n) is 35.9. The standard InChI is InChI=1S/2C21H25.2C19H26Si2.2C5H5.2ClH.2Hf/c2*1-20(2,3)15-11-10-14-12-18-16(17(14)13-15)8-7-9-19(18)21(4,5)6;2*1-20(2,3)18-11-7-16(8-12-18)15-17-9-13-19(14-10-17)21(4,5)6;2*1-2-4-5-3-1;;;;/h2*7-9,11,13H,12H2,1-6H3;2*7-14H,1-6H3;2*1-3H,4H2;2*1H;;/p-2. The third-order valence-corrected chi connectivity index (χ3v) is 51.2. The first-order valence-corrected chi connectivity index (χ1v) is 60.7. The van der Waals surface area contributed by atoms with Crippen LogP contribution in [0.2, 0.25) is 78.6 Å². The molecule has 0 N–H and O–H groups in total. The van der Waals surface area contributed by atoms with Crippen molar-refractivity contribution in [3.8, 4) is 22.3 Å². The van der Waals surface area contributed by atoms with Crippen molar-refractivity contribution in [1.82, 2.24) is 0 Å². The van der Waals surface area contributed by atoms with Gasteiger partial charge in [-0.1, -0.05) is 0 Å². The van der Waals surface area contributed by atoms with Gasteiger partial charge in [0.05, 0.1) is 0 Å². The maximum absolute atomic E-state index is 3.03. The van der Waals surface area contributed by atoms with E-state index in [-0.39, 0.29) is 46.5 Å². The molecule has 0 atom stereocenters. The maximum Gasteiger partial charge on any atom is -1.00 e. The Bertz CT molecular complexity index is 4100. The van der Waals surface area contributed by atoms with E-state index in [1.807, 2.05) is 0 Å². The predicted octanol–water partition coefficient (Wildman–Crippen LogP) is 14.6. The first-order chi connectivity index (χ1) is 44.7. The third-order valence-electron chi connectivity index (χ3n) is 20.9. The van der Waals surface area contributed by atoms with Gasteiger partial charge in [-0.3, -0.25) is 0 Å². The van der Waals surface area contributed by atoms with Gasteiger partial charge in [0, 0.05) is 0 Å². The van der Waals surface area contributed by atoms with Crippen molar-refractivity contribution >= 4 is 66.2 Å². The molecule has 0 aromatic heterocycles. The smallest absolute Gasteiger partial charge is 1.00 e. The fourth-order valence-electron chi connectivity index (χ4n) is 15.0. The van der Waals surface area contributed by atoms with Crippen LogP contribution in [0.3, 0.4) is 0 Å². The number of hydrogen-bond acceptors (Lipinski definition) is 0. The summed E-state index contributed by atoms with van der Waals surface area (Å²) in [7, 11) is -5.70. The molecule has 0 bridgehead atoms. The van der Waals surface area contributed by atoms with Crippen LogP contribution in [0.25, 0.3) is 22.3 Å². The molecule has 8 heteroatoms. The molecule has 12 rings (SSSR count). The molecule has 0 nitrogen and oxygen atoms in total. The minimum Gasteiger partial charge on any atom is -1.00 e. The van der Waals surface area contributed by atoms with Crippen LogP contribution in [0.5, 0.6) is 0 Å². The van der Waals surface area contributed by atoms with Crippen molar-refractivity contribution in [2.24, 2.45) is 0 Å². The quantitative estimate of drug-likeness (QED) is 0.107. The van der Waals surface area contributed by atoms with Gasteiger partial charge < -0.3 is 24.8 Å². The molecule has 8 aromatic carbocycles. The van der Waals surface area contributed by atoms with Gasteiger partial charge >= 0.3 is 607 Å². The minimum absolute atomic E-state index is 0. The average molecular weight is 1730 g/mol. The monoisotopic (exact) mass is 1730 g/mol. The summed E-state index contributed by atoms with van der Waals surface area (Å²) in [4.78, 5) is 0. The van der Waals surface area contributed by atoms with E-state index in [2.05, 4.69) is 356 Å². The molecule has 0 amide bonds. The molecule has 0 unspecified atom stereocenters. The average Bonchev–Trinajstić information content (AvgIpc) is 1.49. The van der Waals surface area contributed by atoms with Crippen LogP contribution >= 0.6 is 0 Å². The molecule has 512 valence electrons. The summed E-state index contributed by atoms with van der Waals surface area (Å²) in [6.07, 6.45) is 18.7. The van der Waals surface area contributed by atoms with E-state index in [9.17, 15) is 0 Å². The van der Waals surface area contributed by atoms with Crippen LogP contribution in [-0.4, -0.2) is 38.8 Å². The Morgan fingerprint density at radius 1 is 0.316 bits per heavy atom. The molecule has 4 aliphatic carbocycles. The van der Waals surface area contributed by atoms with Crippen molar-refractivity contribution in [3.63, 3.8) is 0 Å². The van der Waals surface area contributed by atoms with Crippen LogP contribution in [0, 0.1) is 0 Å². The van der Waals surface area contributed by atoms with Crippen molar-refractivity contribution in [1.29, 1.82) is 0 Å². The Morgan fingerprint density at radius 2 is 0.592 bits per heavy atom. The van der Waals surface area contributed by atoms with Crippen molar-refractivity contribution in [3.05, 3.63) is 268 Å². The second kappa shape index (κ2) is 29.1. The van der Waals surface area contributed by atoms with Crippen LogP contribution in [0.15, 0.2) is 201 Å². The van der Waals surface area contributed by atoms with Gasteiger partial charge in [0.2, 0.25) is 0 Å². The third kappa shape index (κ3) is 16.5. The fraction of sp³-hybridized carbons (Fsp3) is 0.356. The number of rotatable bonds is 12. The zero-order valence-electron chi connectivity index (χ0n) is 64.1. The minimum atomic E-state index is -3.03. The number of fused-ring (bicyclic) bond motifs is 6. The van der Waals surface area contributed by atoms with E-state index < -0.39 is 74.2 Å². The van der Waals surface area contributed by atoms with Crippen molar-refractivity contribution in [2.45, 2.75) is 209 Å². The van der Waals surface area contributed by atoms with Crippen LogP contribution < -0.4 is 52.2 Å². The Labute approximate surface area is 625 Å². The molecule has 0 heterocycles. The molecule has 0 fully saturated rings. The Morgan fingerprint density at radius 3 is 0.816 bits per heavy atom. The zero-order valence-corrected chi connectivity index (χ0v) is 76.8. The molecule has 0 spiro atoms. The maximum atomic E-state index is 2.69. The molecular weight excluding hydrogens is 1620 g/mol. The van der Waals surface area contributed by atoms with Gasteiger partial charge in [-0.25, -0.2) is 0 Å². The van der Waals surface area contributed by atoms with Crippen molar-refractivity contribution in [2.75, 3.05) is 0 Å². The topological polar surface area (TPSA) is 0 Å². The molecule has 0 radical (unpaired) electrons. The first kappa shape index (κ1) is 77.8. The van der Waals surface area contributed by atoms with E-state index in [1.165, 1.54) is 87.5 Å². The zero-order chi connectivity index (χ0) is 69.6. The summed E-state index contributed by atoms with van der Waals surface area (Å²) in [5, 5.41) is 6.15. The van der Waals surface area contributed by atoms with Gasteiger partial charge in [0.15, 0.2) is 0 Å². The van der Waals surface area contributed by atoms with E-state index in [0.29, 0.717) is 0 Å². The summed E-state index contributed by atoms with van der Waals surface area (Å²) in [5.74, 6) is 0. The number of hydrogen-bond donors (Lipinski definition) is 0. The Balaban J connectivity index is 0.000000225. The number of benzene rings is 8. The molecule has 0 saturated heterocycles. The van der Waals surface area contributed by atoms with Gasteiger partial charge in [-0.05, 0) is 0 Å². The second-order valence-electron chi connectivity index (χ2n) is 36.6. The molecule has 0 saturated carbocycles. The van der Waals surface area contributed by atoms with Crippen LogP contribution in [0.1, 0.15) is 163 Å². The van der Waals surface area contributed by atoms with Crippen LogP contribution in [-0.2, 0) is 76.4 Å². The Hall–Kier alpha value is -4.35. The molecule has 8 aromatic rings. The van der Waals surface area contributed by atoms with Gasteiger partial charge in [-0.2, -0.15) is 0 Å². The predicted molar refractivity (Wildman–Crippen MR) is 431 cm³/mol. The van der Waals surface area contributed by atoms with E-state index >= 15 is 0 Å². The number of halogens is 2. The largest absolute Gasteiger partial charge is 1.00 e. The summed E-state index contributed by atoms with van der Waals surface area (Å²) in [6, 6.07) is 64.3. The normalized spacial score (nSPS) is 14.2. The van der Waals surface area contributed by atoms with Crippen molar-refractivity contribution < 1.29 is 66.7 Å². The fourth-order valence-corrected chi connectivity index (χ4v) is 43.1. The summed E-state index contributed by atoms with van der Waals surface area (Å²) >= 11 is -6.06. The van der Waals surface area contributed by atoms with E-state index in [1.54, 1.807) is 42.1 Å². The van der Waals surface area contributed by atoms with E-state index in [4.69, 9.17) is 0 Å². The summed E-state index contributed by atoms with van der Waals surface area (Å²) < 4.78 is 10.1. The number of allylic oxidation sites excluding steroid dienone is 8. The van der Waals surface area contributed by atoms with Gasteiger partial charge in [0.1, 0.15) is 0 Å². The molecular formula is C90H112Cl2Hf2Si4-2. The second-order valence-corrected chi connectivity index (χ2v) is 74.4. The summed E-state index contributed by atoms with van der Waals surface area (Å²) in [5.41, 5.74) is 24.3. The summed E-state index contributed by atoms with van der Waals surface area (Å²) in [6.45, 7) is 58.2. The SMILES string of the molecule is CC(C)(C)c1cc2c([c]([Hf]([C]3=CC=CC3)=[C](c3ccc([Si](C)(C)C)cc3)c3ccc([Si](C)(C)C)cc3)c1)Cc1c-2cccc1C(C)(C)C.CC(C)(C)c1cc2c([c]([Hf]([C]3=CC=CC3)=[C](c3ccc([Si](C)(C)C)cc3)c3ccc([Si](C)(C)C)cc3)c1)Cc1c-2cccc1C(C)(C)C.[Cl-].[Cl-].